The average Bonchev–Trinajstić information content (AvgIpc) is 2.82. The van der Waals surface area contributed by atoms with Gasteiger partial charge in [-0.2, -0.15) is 0 Å². The predicted molar refractivity (Wildman–Crippen MR) is 143 cm³/mol. The number of aliphatic hydroxyl groups excluding tert-OH is 1. The zero-order chi connectivity index (χ0) is 25.9. The molecule has 1 aromatic carbocycles. The van der Waals surface area contributed by atoms with Crippen molar-refractivity contribution in [3.63, 3.8) is 0 Å². The second-order valence-electron chi connectivity index (χ2n) is 11.3. The molecule has 6 atom stereocenters. The second-order valence-corrected chi connectivity index (χ2v) is 11.3. The summed E-state index contributed by atoms with van der Waals surface area (Å²) in [6.45, 7) is 11.0. The van der Waals surface area contributed by atoms with Crippen LogP contribution < -0.4 is 0 Å². The highest BCUT2D eigenvalue weighted by atomic mass is 16.7. The Morgan fingerprint density at radius 2 is 2.06 bits per heavy atom. The van der Waals surface area contributed by atoms with Gasteiger partial charge in [-0.1, -0.05) is 61.4 Å². The Morgan fingerprint density at radius 1 is 1.25 bits per heavy atom. The lowest BCUT2D eigenvalue weighted by atomic mass is 9.86. The molecule has 1 N–H and O–H groups in total. The van der Waals surface area contributed by atoms with Crippen molar-refractivity contribution < 1.29 is 24.1 Å². The molecule has 0 bridgehead atoms. The van der Waals surface area contributed by atoms with Crippen LogP contribution in [0.5, 0.6) is 0 Å². The summed E-state index contributed by atoms with van der Waals surface area (Å²) in [5.74, 6) is 0.0270. The van der Waals surface area contributed by atoms with Gasteiger partial charge >= 0.3 is 5.97 Å². The Labute approximate surface area is 216 Å². The highest BCUT2D eigenvalue weighted by Crippen LogP contribution is 2.41. The van der Waals surface area contributed by atoms with Gasteiger partial charge in [0.25, 0.3) is 0 Å². The SMILES string of the molecule is C/C(=C\C[C@@H]1C[C@H](O)C[C@]2(CC[C@H](C)[C@@H](C)O2)O1)C[C@@H](C)/C=C/C=C1\COC(=O)c2cc(C)ccc21. The smallest absolute Gasteiger partial charge is 0.339 e. The van der Waals surface area contributed by atoms with Gasteiger partial charge in [0.15, 0.2) is 5.79 Å². The number of fused-ring (bicyclic) bond motifs is 1. The molecular formula is C31H42O5. The molecule has 3 aliphatic rings. The Balaban J connectivity index is 1.31. The van der Waals surface area contributed by atoms with Crippen LogP contribution in [-0.2, 0) is 14.2 Å². The maximum atomic E-state index is 12.1. The maximum Gasteiger partial charge on any atom is 0.339 e. The van der Waals surface area contributed by atoms with Gasteiger partial charge in [-0.25, -0.2) is 4.79 Å². The van der Waals surface area contributed by atoms with E-state index < -0.39 is 5.79 Å². The van der Waals surface area contributed by atoms with Crippen LogP contribution in [0.3, 0.4) is 0 Å². The molecule has 0 aromatic heterocycles. The van der Waals surface area contributed by atoms with E-state index in [0.29, 0.717) is 36.8 Å². The van der Waals surface area contributed by atoms with Crippen LogP contribution in [0.4, 0.5) is 0 Å². The Kier molecular flexibility index (Phi) is 8.54. The van der Waals surface area contributed by atoms with Crippen LogP contribution in [0.1, 0.15) is 87.7 Å². The number of rotatable bonds is 6. The van der Waals surface area contributed by atoms with Gasteiger partial charge in [0.1, 0.15) is 6.61 Å². The summed E-state index contributed by atoms with van der Waals surface area (Å²) in [5, 5.41) is 10.5. The summed E-state index contributed by atoms with van der Waals surface area (Å²) in [7, 11) is 0. The largest absolute Gasteiger partial charge is 0.457 e. The number of aliphatic hydroxyl groups is 1. The van der Waals surface area contributed by atoms with Crippen LogP contribution in [0, 0.1) is 18.8 Å². The lowest BCUT2D eigenvalue weighted by molar-refractivity contribution is -0.331. The van der Waals surface area contributed by atoms with Crippen LogP contribution >= 0.6 is 0 Å². The first-order chi connectivity index (χ1) is 17.1. The molecule has 196 valence electrons. The lowest BCUT2D eigenvalue weighted by Gasteiger charge is -2.48. The predicted octanol–water partition coefficient (Wildman–Crippen LogP) is 6.54. The van der Waals surface area contributed by atoms with E-state index in [0.717, 1.165) is 42.4 Å². The van der Waals surface area contributed by atoms with Gasteiger partial charge in [-0.15, -0.1) is 0 Å². The van der Waals surface area contributed by atoms with Crippen molar-refractivity contribution in [2.24, 2.45) is 11.8 Å². The number of benzene rings is 1. The van der Waals surface area contributed by atoms with Crippen LogP contribution in [-0.4, -0.2) is 41.8 Å². The van der Waals surface area contributed by atoms with E-state index in [2.05, 4.69) is 52.0 Å². The van der Waals surface area contributed by atoms with Gasteiger partial charge in [0.2, 0.25) is 0 Å². The van der Waals surface area contributed by atoms with E-state index in [-0.39, 0.29) is 24.3 Å². The van der Waals surface area contributed by atoms with Gasteiger partial charge in [-0.3, -0.25) is 0 Å². The molecule has 3 aliphatic heterocycles. The summed E-state index contributed by atoms with van der Waals surface area (Å²) >= 11 is 0. The maximum absolute atomic E-state index is 12.1. The van der Waals surface area contributed by atoms with Gasteiger partial charge in [-0.05, 0) is 69.1 Å². The molecule has 4 rings (SSSR count). The van der Waals surface area contributed by atoms with Crippen molar-refractivity contribution in [1.82, 2.24) is 0 Å². The summed E-state index contributed by atoms with van der Waals surface area (Å²) in [6, 6.07) is 5.93. The molecule has 0 aliphatic carbocycles. The van der Waals surface area contributed by atoms with E-state index in [9.17, 15) is 9.90 Å². The zero-order valence-corrected chi connectivity index (χ0v) is 22.5. The number of ether oxygens (including phenoxy) is 3. The molecule has 0 saturated carbocycles. The van der Waals surface area contributed by atoms with Gasteiger partial charge < -0.3 is 19.3 Å². The summed E-state index contributed by atoms with van der Waals surface area (Å²) in [5.41, 5.74) is 5.00. The molecule has 3 heterocycles. The standard InChI is InChI=1S/C31H42O5/c1-20(7-6-8-25-19-34-30(33)29-16-22(3)10-12-28(25)29)15-21(2)9-11-27-17-26(32)18-31(36-27)14-13-23(4)24(5)35-31/h6-10,12,16,20,23-24,26-27,32H,11,13-15,17-19H2,1-5H3/b7-6+,21-9+,25-8+/t20-,23-,24+,26-,27+,31-/m0/s1. The molecule has 36 heavy (non-hydrogen) atoms. The average molecular weight is 495 g/mol. The molecular weight excluding hydrogens is 452 g/mol. The lowest BCUT2D eigenvalue weighted by Crippen LogP contribution is -2.52. The van der Waals surface area contributed by atoms with Crippen LogP contribution in [0.25, 0.3) is 5.57 Å². The van der Waals surface area contributed by atoms with Crippen LogP contribution in [0.15, 0.2) is 48.1 Å². The number of hydrogen-bond acceptors (Lipinski definition) is 5. The highest BCUT2D eigenvalue weighted by molar-refractivity contribution is 5.99. The highest BCUT2D eigenvalue weighted by Gasteiger charge is 2.46. The fraction of sp³-hybridized carbons (Fsp3) is 0.581. The van der Waals surface area contributed by atoms with E-state index in [1.165, 1.54) is 5.57 Å². The van der Waals surface area contributed by atoms with Crippen molar-refractivity contribution >= 4 is 11.5 Å². The summed E-state index contributed by atoms with van der Waals surface area (Å²) in [6.07, 6.45) is 13.3. The number of allylic oxidation sites excluding steroid dienone is 4. The Morgan fingerprint density at radius 3 is 2.83 bits per heavy atom. The van der Waals surface area contributed by atoms with E-state index >= 15 is 0 Å². The molecule has 0 unspecified atom stereocenters. The fourth-order valence-corrected chi connectivity index (χ4v) is 5.62. The second kappa shape index (κ2) is 11.5. The molecule has 1 spiro atoms. The Bertz CT molecular complexity index is 1040. The van der Waals surface area contributed by atoms with Gasteiger partial charge in [0.05, 0.1) is 23.9 Å². The first-order valence-electron chi connectivity index (χ1n) is 13.5. The number of carbonyl (C=O) groups excluding carboxylic acids is 1. The molecule has 0 amide bonds. The van der Waals surface area contributed by atoms with E-state index in [1.54, 1.807) is 0 Å². The first-order valence-corrected chi connectivity index (χ1v) is 13.5. The number of hydrogen-bond donors (Lipinski definition) is 1. The van der Waals surface area contributed by atoms with E-state index in [1.807, 2.05) is 25.1 Å². The molecule has 2 fully saturated rings. The van der Waals surface area contributed by atoms with Crippen molar-refractivity contribution in [3.05, 3.63) is 64.8 Å². The number of cyclic esters (lactones) is 1. The minimum absolute atomic E-state index is 0.0161. The van der Waals surface area contributed by atoms with Crippen molar-refractivity contribution in [1.29, 1.82) is 0 Å². The molecule has 2 saturated heterocycles. The Hall–Kier alpha value is -2.21. The third-order valence-corrected chi connectivity index (χ3v) is 7.86. The number of carbonyl (C=O) groups is 1. The number of aryl methyl sites for hydroxylation is 1. The zero-order valence-electron chi connectivity index (χ0n) is 22.5. The third-order valence-electron chi connectivity index (χ3n) is 7.86. The topological polar surface area (TPSA) is 65.0 Å². The normalized spacial score (nSPS) is 33.1. The first kappa shape index (κ1) is 26.8. The summed E-state index contributed by atoms with van der Waals surface area (Å²) < 4.78 is 18.1. The molecule has 1 aromatic rings. The third kappa shape index (κ3) is 6.56. The van der Waals surface area contributed by atoms with Crippen molar-refractivity contribution in [2.75, 3.05) is 6.61 Å². The van der Waals surface area contributed by atoms with E-state index in [4.69, 9.17) is 14.2 Å². The minimum atomic E-state index is -0.621. The monoisotopic (exact) mass is 494 g/mol. The molecule has 5 heteroatoms. The minimum Gasteiger partial charge on any atom is -0.457 e. The summed E-state index contributed by atoms with van der Waals surface area (Å²) in [4.78, 5) is 12.1. The number of esters is 1. The molecule has 0 radical (unpaired) electrons. The van der Waals surface area contributed by atoms with Crippen LogP contribution in [0.2, 0.25) is 0 Å². The molecule has 5 nitrogen and oxygen atoms in total. The quantitative estimate of drug-likeness (QED) is 0.359. The van der Waals surface area contributed by atoms with Crippen molar-refractivity contribution in [2.45, 2.75) is 97.2 Å². The fourth-order valence-electron chi connectivity index (χ4n) is 5.62. The van der Waals surface area contributed by atoms with Gasteiger partial charge in [0, 0.05) is 19.3 Å². The van der Waals surface area contributed by atoms with Crippen molar-refractivity contribution in [3.8, 4) is 0 Å².